The minimum absolute atomic E-state index is 0.00878. The molecule has 0 aliphatic carbocycles. The van der Waals surface area contributed by atoms with Crippen molar-refractivity contribution in [3.8, 4) is 0 Å². The minimum Gasteiger partial charge on any atom is -0.359 e. The number of aromatic nitrogens is 1. The van der Waals surface area contributed by atoms with Gasteiger partial charge in [-0.25, -0.2) is 21.6 Å². The summed E-state index contributed by atoms with van der Waals surface area (Å²) in [6, 6.07) is 7.66. The predicted octanol–water partition coefficient (Wildman–Crippen LogP) is 2.57. The van der Waals surface area contributed by atoms with Gasteiger partial charge in [-0.05, 0) is 37.1 Å². The van der Waals surface area contributed by atoms with E-state index >= 15 is 0 Å². The van der Waals surface area contributed by atoms with Gasteiger partial charge in [0, 0.05) is 44.8 Å². The number of fused-ring (bicyclic) bond motifs is 1. The first-order valence-electron chi connectivity index (χ1n) is 11.3. The second kappa shape index (κ2) is 9.91. The molecule has 2 N–H and O–H groups in total. The standard InChI is InChI=1S/C22H25F3N4O6S3/c1-28(2)38(34,35)29-12-10-15(11-13-29)27-37(32,33)19-14-26-21-18(9-8-17(20(19)21)22(23,24)25)36(30,31)16-6-4-3-5-7-16/h3-9,14-15,26-27H,10-13H2,1-2H3. The van der Waals surface area contributed by atoms with Crippen LogP contribution in [0.15, 0.2) is 63.3 Å². The van der Waals surface area contributed by atoms with Crippen LogP contribution < -0.4 is 4.72 Å². The SMILES string of the molecule is CN(C)S(=O)(=O)N1CCC(NS(=O)(=O)c2c[nH]c3c(S(=O)(=O)c4ccccc4)ccc(C(F)(F)F)c23)CC1. The molecule has 1 fully saturated rings. The second-order valence-electron chi connectivity index (χ2n) is 8.91. The summed E-state index contributed by atoms with van der Waals surface area (Å²) in [6.07, 6.45) is -3.97. The smallest absolute Gasteiger partial charge is 0.359 e. The van der Waals surface area contributed by atoms with Gasteiger partial charge in [0.15, 0.2) is 0 Å². The molecule has 0 unspecified atom stereocenters. The van der Waals surface area contributed by atoms with Crippen molar-refractivity contribution in [2.45, 2.75) is 39.7 Å². The van der Waals surface area contributed by atoms with Crippen LogP contribution in [-0.2, 0) is 36.2 Å². The van der Waals surface area contributed by atoms with Gasteiger partial charge in [0.05, 0.1) is 20.9 Å². The molecule has 0 spiro atoms. The molecule has 0 atom stereocenters. The Kier molecular flexibility index (Phi) is 7.44. The first-order valence-corrected chi connectivity index (χ1v) is 15.6. The maximum Gasteiger partial charge on any atom is 0.417 e. The zero-order valence-electron chi connectivity index (χ0n) is 20.2. The Morgan fingerprint density at radius 1 is 0.921 bits per heavy atom. The Morgan fingerprint density at radius 3 is 2.08 bits per heavy atom. The Morgan fingerprint density at radius 2 is 1.53 bits per heavy atom. The van der Waals surface area contributed by atoms with Crippen LogP contribution in [0.4, 0.5) is 13.2 Å². The second-order valence-corrected chi connectivity index (χ2v) is 14.7. The molecule has 208 valence electrons. The number of rotatable bonds is 7. The van der Waals surface area contributed by atoms with E-state index in [1.165, 1.54) is 42.7 Å². The number of halogens is 3. The molecule has 0 amide bonds. The summed E-state index contributed by atoms with van der Waals surface area (Å²) in [4.78, 5) is 1.01. The largest absolute Gasteiger partial charge is 0.417 e. The molecule has 2 heterocycles. The number of nitrogens with one attached hydrogen (secondary N) is 2. The van der Waals surface area contributed by atoms with E-state index < -0.39 is 68.5 Å². The zero-order valence-corrected chi connectivity index (χ0v) is 22.7. The molecule has 0 saturated carbocycles. The first kappa shape index (κ1) is 28.5. The summed E-state index contributed by atoms with van der Waals surface area (Å²) in [5.74, 6) is 0. The van der Waals surface area contributed by atoms with Gasteiger partial charge in [0.2, 0.25) is 19.9 Å². The third-order valence-electron chi connectivity index (χ3n) is 6.26. The Hall–Kier alpha value is -2.50. The van der Waals surface area contributed by atoms with Gasteiger partial charge in [-0.15, -0.1) is 0 Å². The molecule has 1 aliphatic rings. The molecule has 0 radical (unpaired) electrons. The van der Waals surface area contributed by atoms with Gasteiger partial charge in [-0.2, -0.15) is 30.2 Å². The molecule has 16 heteroatoms. The van der Waals surface area contributed by atoms with E-state index in [2.05, 4.69) is 9.71 Å². The molecular weight excluding hydrogens is 569 g/mol. The van der Waals surface area contributed by atoms with Gasteiger partial charge in [-0.3, -0.25) is 0 Å². The Labute approximate surface area is 218 Å². The zero-order chi connectivity index (χ0) is 28.1. The van der Waals surface area contributed by atoms with E-state index in [1.54, 1.807) is 6.07 Å². The van der Waals surface area contributed by atoms with Crippen LogP contribution in [0.5, 0.6) is 0 Å². The van der Waals surface area contributed by atoms with Gasteiger partial charge in [0.1, 0.15) is 4.90 Å². The predicted molar refractivity (Wildman–Crippen MR) is 133 cm³/mol. The molecule has 2 aromatic carbocycles. The number of sulfonamides is 1. The van der Waals surface area contributed by atoms with E-state index in [-0.39, 0.29) is 30.8 Å². The number of hydrogen-bond acceptors (Lipinski definition) is 6. The van der Waals surface area contributed by atoms with E-state index in [0.29, 0.717) is 6.07 Å². The van der Waals surface area contributed by atoms with E-state index in [9.17, 15) is 38.4 Å². The number of sulfone groups is 1. The van der Waals surface area contributed by atoms with Crippen molar-refractivity contribution >= 4 is 41.0 Å². The number of piperidine rings is 1. The van der Waals surface area contributed by atoms with Crippen LogP contribution in [0.25, 0.3) is 10.9 Å². The number of H-pyrrole nitrogens is 1. The summed E-state index contributed by atoms with van der Waals surface area (Å²) in [7, 11) is -9.84. The molecule has 0 bridgehead atoms. The summed E-state index contributed by atoms with van der Waals surface area (Å²) >= 11 is 0. The molecule has 1 aromatic heterocycles. The van der Waals surface area contributed by atoms with E-state index in [0.717, 1.165) is 16.6 Å². The Balaban J connectivity index is 1.74. The van der Waals surface area contributed by atoms with Crippen LogP contribution in [-0.4, -0.2) is 72.1 Å². The molecule has 4 rings (SSSR count). The highest BCUT2D eigenvalue weighted by atomic mass is 32.2. The van der Waals surface area contributed by atoms with Crippen molar-refractivity contribution in [2.24, 2.45) is 0 Å². The van der Waals surface area contributed by atoms with Crippen molar-refractivity contribution in [3.05, 3.63) is 54.2 Å². The highest BCUT2D eigenvalue weighted by Crippen LogP contribution is 2.41. The maximum absolute atomic E-state index is 13.9. The van der Waals surface area contributed by atoms with Crippen LogP contribution in [0, 0.1) is 0 Å². The van der Waals surface area contributed by atoms with Crippen LogP contribution >= 0.6 is 0 Å². The number of alkyl halides is 3. The number of nitrogens with zero attached hydrogens (tertiary/aromatic N) is 2. The third kappa shape index (κ3) is 5.20. The lowest BCUT2D eigenvalue weighted by Crippen LogP contribution is -2.49. The van der Waals surface area contributed by atoms with Gasteiger partial charge >= 0.3 is 6.18 Å². The average Bonchev–Trinajstić information content (AvgIpc) is 3.29. The van der Waals surface area contributed by atoms with Crippen molar-refractivity contribution in [2.75, 3.05) is 27.2 Å². The van der Waals surface area contributed by atoms with Gasteiger partial charge in [-0.1, -0.05) is 18.2 Å². The molecule has 3 aromatic rings. The number of aromatic amines is 1. The van der Waals surface area contributed by atoms with Crippen LogP contribution in [0.1, 0.15) is 18.4 Å². The molecule has 1 saturated heterocycles. The van der Waals surface area contributed by atoms with Crippen LogP contribution in [0.3, 0.4) is 0 Å². The summed E-state index contributed by atoms with van der Waals surface area (Å²) in [5.41, 5.74) is -1.80. The molecule has 10 nitrogen and oxygen atoms in total. The number of benzene rings is 2. The fourth-order valence-electron chi connectivity index (χ4n) is 4.31. The highest BCUT2D eigenvalue weighted by molar-refractivity contribution is 7.91. The van der Waals surface area contributed by atoms with E-state index in [4.69, 9.17) is 0 Å². The fourth-order valence-corrected chi connectivity index (χ4v) is 8.39. The highest BCUT2D eigenvalue weighted by Gasteiger charge is 2.39. The van der Waals surface area contributed by atoms with Crippen molar-refractivity contribution < 1.29 is 38.4 Å². The van der Waals surface area contributed by atoms with Crippen LogP contribution in [0.2, 0.25) is 0 Å². The normalized spacial score (nSPS) is 16.9. The topological polar surface area (TPSA) is 137 Å². The fraction of sp³-hybridized carbons (Fsp3) is 0.364. The summed E-state index contributed by atoms with van der Waals surface area (Å²) < 4.78 is 124. The van der Waals surface area contributed by atoms with Crippen molar-refractivity contribution in [1.82, 2.24) is 18.3 Å². The molecular formula is C22H25F3N4O6S3. The number of hydrogen-bond donors (Lipinski definition) is 2. The quantitative estimate of drug-likeness (QED) is 0.432. The monoisotopic (exact) mass is 594 g/mol. The lowest BCUT2D eigenvalue weighted by molar-refractivity contribution is -0.136. The summed E-state index contributed by atoms with van der Waals surface area (Å²) in [5, 5.41) is -0.797. The lowest BCUT2D eigenvalue weighted by atomic mass is 10.1. The first-order chi connectivity index (χ1) is 17.6. The van der Waals surface area contributed by atoms with Crippen molar-refractivity contribution in [3.63, 3.8) is 0 Å². The lowest BCUT2D eigenvalue weighted by Gasteiger charge is -2.32. The summed E-state index contributed by atoms with van der Waals surface area (Å²) in [6.45, 7) is 0.0176. The molecule has 1 aliphatic heterocycles. The van der Waals surface area contributed by atoms with Gasteiger partial charge < -0.3 is 4.98 Å². The maximum atomic E-state index is 13.9. The van der Waals surface area contributed by atoms with Crippen molar-refractivity contribution in [1.29, 1.82) is 0 Å². The Bertz CT molecular complexity index is 1660. The third-order valence-corrected chi connectivity index (χ3v) is 11.6. The molecule has 38 heavy (non-hydrogen) atoms. The van der Waals surface area contributed by atoms with E-state index in [1.807, 2.05) is 0 Å². The average molecular weight is 595 g/mol. The minimum atomic E-state index is -4.98. The van der Waals surface area contributed by atoms with Gasteiger partial charge in [0.25, 0.3) is 10.2 Å².